The first-order valence-corrected chi connectivity index (χ1v) is 5.04. The van der Waals surface area contributed by atoms with Crippen molar-refractivity contribution in [3.63, 3.8) is 0 Å². The number of esters is 1. The van der Waals surface area contributed by atoms with Crippen LogP contribution in [-0.4, -0.2) is 18.0 Å². The predicted octanol–water partition coefficient (Wildman–Crippen LogP) is 1.94. The molecular formula is C11H10FNO4. The molecule has 0 aromatic heterocycles. The number of hydrogen-bond acceptors (Lipinski definition) is 4. The molecule has 0 bridgehead atoms. The molecule has 1 aromatic rings. The Balaban J connectivity index is 2.41. The van der Waals surface area contributed by atoms with Gasteiger partial charge in [-0.05, 0) is 18.9 Å². The van der Waals surface area contributed by atoms with Gasteiger partial charge in [0.05, 0.1) is 23.5 Å². The summed E-state index contributed by atoms with van der Waals surface area (Å²) < 4.78 is 18.4. The molecule has 1 aliphatic rings. The molecule has 90 valence electrons. The van der Waals surface area contributed by atoms with Gasteiger partial charge in [-0.1, -0.05) is 0 Å². The Hall–Kier alpha value is -1.98. The minimum atomic E-state index is -0.937. The van der Waals surface area contributed by atoms with Crippen LogP contribution in [0.5, 0.6) is 0 Å². The van der Waals surface area contributed by atoms with Gasteiger partial charge in [-0.2, -0.15) is 0 Å². The van der Waals surface area contributed by atoms with Gasteiger partial charge >= 0.3 is 5.97 Å². The van der Waals surface area contributed by atoms with Crippen LogP contribution in [0.25, 0.3) is 0 Å². The number of nitro groups is 1. The van der Waals surface area contributed by atoms with Crippen LogP contribution in [0.3, 0.4) is 0 Å². The second kappa shape index (κ2) is 3.80. The molecule has 0 saturated heterocycles. The van der Waals surface area contributed by atoms with E-state index in [9.17, 15) is 19.3 Å². The fraction of sp³-hybridized carbons (Fsp3) is 0.364. The highest BCUT2D eigenvalue weighted by Gasteiger charge is 2.54. The Bertz CT molecular complexity index is 496. The van der Waals surface area contributed by atoms with Gasteiger partial charge in [0.2, 0.25) is 0 Å². The Morgan fingerprint density at radius 1 is 1.53 bits per heavy atom. The van der Waals surface area contributed by atoms with Gasteiger partial charge in [0.15, 0.2) is 0 Å². The third-order valence-electron chi connectivity index (χ3n) is 3.01. The minimum absolute atomic E-state index is 0.176. The van der Waals surface area contributed by atoms with Crippen molar-refractivity contribution in [1.82, 2.24) is 0 Å². The van der Waals surface area contributed by atoms with Crippen LogP contribution in [0.4, 0.5) is 10.1 Å². The number of hydrogen-bond donors (Lipinski definition) is 0. The van der Waals surface area contributed by atoms with Crippen molar-refractivity contribution < 1.29 is 18.8 Å². The monoisotopic (exact) mass is 239 g/mol. The van der Waals surface area contributed by atoms with E-state index in [1.807, 2.05) is 0 Å². The molecule has 1 fully saturated rings. The number of carbonyl (C=O) groups is 1. The maximum atomic E-state index is 13.7. The van der Waals surface area contributed by atoms with E-state index in [1.165, 1.54) is 19.2 Å². The number of nitrogens with zero attached hydrogens (tertiary/aromatic N) is 1. The summed E-state index contributed by atoms with van der Waals surface area (Å²) in [6.45, 7) is 0. The molecular weight excluding hydrogens is 229 g/mol. The average molecular weight is 239 g/mol. The van der Waals surface area contributed by atoms with Crippen molar-refractivity contribution in [2.45, 2.75) is 18.3 Å². The highest BCUT2D eigenvalue weighted by molar-refractivity contribution is 5.86. The lowest BCUT2D eigenvalue weighted by molar-refractivity contribution is -0.385. The first kappa shape index (κ1) is 11.5. The second-order valence-corrected chi connectivity index (χ2v) is 3.99. The van der Waals surface area contributed by atoms with Gasteiger partial charge in [-0.15, -0.1) is 0 Å². The Morgan fingerprint density at radius 3 is 2.59 bits per heavy atom. The van der Waals surface area contributed by atoms with Crippen LogP contribution < -0.4 is 0 Å². The number of rotatable bonds is 3. The molecule has 5 nitrogen and oxygen atoms in total. The largest absolute Gasteiger partial charge is 0.468 e. The highest BCUT2D eigenvalue weighted by atomic mass is 19.1. The number of methoxy groups -OCH3 is 1. The van der Waals surface area contributed by atoms with Crippen LogP contribution in [0.15, 0.2) is 18.2 Å². The van der Waals surface area contributed by atoms with Crippen LogP contribution in [0.2, 0.25) is 0 Å². The van der Waals surface area contributed by atoms with E-state index >= 15 is 0 Å². The molecule has 0 N–H and O–H groups in total. The van der Waals surface area contributed by atoms with E-state index < -0.39 is 22.1 Å². The summed E-state index contributed by atoms with van der Waals surface area (Å²) in [7, 11) is 1.24. The predicted molar refractivity (Wildman–Crippen MR) is 56.0 cm³/mol. The Kier molecular flexibility index (Phi) is 2.57. The summed E-state index contributed by atoms with van der Waals surface area (Å²) in [5.41, 5.74) is -1.09. The smallest absolute Gasteiger partial charge is 0.316 e. The lowest BCUT2D eigenvalue weighted by Gasteiger charge is -2.13. The number of nitro benzene ring substituents is 1. The van der Waals surface area contributed by atoms with Crippen molar-refractivity contribution in [2.75, 3.05) is 7.11 Å². The van der Waals surface area contributed by atoms with Gasteiger partial charge in [-0.3, -0.25) is 14.9 Å². The maximum absolute atomic E-state index is 13.7. The van der Waals surface area contributed by atoms with Crippen LogP contribution in [0, 0.1) is 15.9 Å². The SMILES string of the molecule is COC(=O)C1(c2ccc([N+](=O)[O-])cc2F)CC1. The molecule has 0 heterocycles. The molecule has 1 aromatic carbocycles. The molecule has 6 heteroatoms. The van der Waals surface area contributed by atoms with Crippen LogP contribution in [-0.2, 0) is 14.9 Å². The summed E-state index contributed by atoms with van der Waals surface area (Å²) >= 11 is 0. The van der Waals surface area contributed by atoms with Gasteiger partial charge in [-0.25, -0.2) is 4.39 Å². The zero-order valence-electron chi connectivity index (χ0n) is 9.10. The lowest BCUT2D eigenvalue weighted by Crippen LogP contribution is -2.23. The second-order valence-electron chi connectivity index (χ2n) is 3.99. The molecule has 0 radical (unpaired) electrons. The quantitative estimate of drug-likeness (QED) is 0.459. The standard InChI is InChI=1S/C11H10FNO4/c1-17-10(14)11(4-5-11)8-3-2-7(13(15)16)6-9(8)12/h2-3,6H,4-5H2,1H3. The van der Waals surface area contributed by atoms with E-state index in [-0.39, 0.29) is 11.3 Å². The van der Waals surface area contributed by atoms with Crippen molar-refractivity contribution in [1.29, 1.82) is 0 Å². The Labute approximate surface area is 96.3 Å². The molecule has 2 rings (SSSR count). The van der Waals surface area contributed by atoms with E-state index in [4.69, 9.17) is 0 Å². The van der Waals surface area contributed by atoms with Gasteiger partial charge in [0.1, 0.15) is 5.82 Å². The van der Waals surface area contributed by atoms with E-state index in [0.29, 0.717) is 12.8 Å². The zero-order chi connectivity index (χ0) is 12.6. The molecule has 1 saturated carbocycles. The summed E-state index contributed by atoms with van der Waals surface area (Å²) in [6, 6.07) is 3.32. The Morgan fingerprint density at radius 2 is 2.18 bits per heavy atom. The number of non-ortho nitro benzene ring substituents is 1. The number of benzene rings is 1. The zero-order valence-corrected chi connectivity index (χ0v) is 9.10. The number of halogens is 1. The average Bonchev–Trinajstić information content (AvgIpc) is 3.09. The molecule has 0 aliphatic heterocycles. The normalized spacial score (nSPS) is 16.4. The minimum Gasteiger partial charge on any atom is -0.468 e. The van der Waals surface area contributed by atoms with Crippen molar-refractivity contribution in [3.8, 4) is 0 Å². The van der Waals surface area contributed by atoms with E-state index in [0.717, 1.165) is 6.07 Å². The van der Waals surface area contributed by atoms with Crippen molar-refractivity contribution in [2.24, 2.45) is 0 Å². The highest BCUT2D eigenvalue weighted by Crippen LogP contribution is 2.50. The molecule has 0 unspecified atom stereocenters. The molecule has 1 aliphatic carbocycles. The fourth-order valence-electron chi connectivity index (χ4n) is 1.91. The number of ether oxygens (including phenoxy) is 1. The first-order chi connectivity index (χ1) is 8.01. The van der Waals surface area contributed by atoms with Crippen LogP contribution >= 0.6 is 0 Å². The summed E-state index contributed by atoms with van der Waals surface area (Å²) in [4.78, 5) is 21.3. The summed E-state index contributed by atoms with van der Waals surface area (Å²) in [5.74, 6) is -1.23. The number of carbonyl (C=O) groups excluding carboxylic acids is 1. The van der Waals surface area contributed by atoms with E-state index in [1.54, 1.807) is 0 Å². The topological polar surface area (TPSA) is 69.4 Å². The molecule has 0 amide bonds. The van der Waals surface area contributed by atoms with Crippen LogP contribution in [0.1, 0.15) is 18.4 Å². The van der Waals surface area contributed by atoms with Crippen molar-refractivity contribution >= 4 is 11.7 Å². The summed E-state index contributed by atoms with van der Waals surface area (Å²) in [5, 5.41) is 10.5. The molecule has 17 heavy (non-hydrogen) atoms. The van der Waals surface area contributed by atoms with Gasteiger partial charge in [0, 0.05) is 11.6 Å². The molecule has 0 spiro atoms. The maximum Gasteiger partial charge on any atom is 0.316 e. The summed E-state index contributed by atoms with van der Waals surface area (Å²) in [6.07, 6.45) is 1.02. The lowest BCUT2D eigenvalue weighted by atomic mass is 9.95. The fourth-order valence-corrected chi connectivity index (χ4v) is 1.91. The van der Waals surface area contributed by atoms with Gasteiger partial charge < -0.3 is 4.74 Å². The third-order valence-corrected chi connectivity index (χ3v) is 3.01. The third kappa shape index (κ3) is 1.75. The van der Waals surface area contributed by atoms with E-state index in [2.05, 4.69) is 4.74 Å². The van der Waals surface area contributed by atoms with Crippen molar-refractivity contribution in [3.05, 3.63) is 39.7 Å². The van der Waals surface area contributed by atoms with Gasteiger partial charge in [0.25, 0.3) is 5.69 Å². The molecule has 0 atom stereocenters. The first-order valence-electron chi connectivity index (χ1n) is 5.04.